The SMILES string of the molecule is CN(C(=O)C1(Cl)CC1(Cl)Cl)C1CCN(c2cccc(OC(F)(F)F)c2)C1=S. The Balaban J connectivity index is 1.74. The van der Waals surface area contributed by atoms with Crippen LogP contribution in [0.3, 0.4) is 0 Å². The quantitative estimate of drug-likeness (QED) is 0.488. The van der Waals surface area contributed by atoms with E-state index in [1.807, 2.05) is 0 Å². The molecule has 0 aromatic heterocycles. The van der Waals surface area contributed by atoms with E-state index in [1.165, 1.54) is 23.1 Å². The number of anilines is 1. The lowest BCUT2D eigenvalue weighted by Gasteiger charge is -2.28. The van der Waals surface area contributed by atoms with E-state index in [2.05, 4.69) is 4.74 Å². The van der Waals surface area contributed by atoms with Crippen molar-refractivity contribution in [2.45, 2.75) is 34.5 Å². The Morgan fingerprint density at radius 2 is 2.00 bits per heavy atom. The van der Waals surface area contributed by atoms with Gasteiger partial charge in [-0.2, -0.15) is 0 Å². The summed E-state index contributed by atoms with van der Waals surface area (Å²) in [6.45, 7) is 0.429. The number of benzene rings is 1. The number of thiocarbonyl (C=S) groups is 1. The zero-order chi connectivity index (χ0) is 20.2. The van der Waals surface area contributed by atoms with Crippen molar-refractivity contribution in [1.82, 2.24) is 4.90 Å². The molecule has 1 aliphatic carbocycles. The van der Waals surface area contributed by atoms with Crippen LogP contribution in [-0.2, 0) is 4.79 Å². The number of halogens is 6. The van der Waals surface area contributed by atoms with E-state index in [0.29, 0.717) is 23.6 Å². The van der Waals surface area contributed by atoms with Gasteiger partial charge in [0.05, 0.1) is 6.04 Å². The molecular weight excluding hydrogens is 448 g/mol. The minimum Gasteiger partial charge on any atom is -0.406 e. The first-order valence-electron chi connectivity index (χ1n) is 7.87. The van der Waals surface area contributed by atoms with E-state index >= 15 is 0 Å². The Morgan fingerprint density at radius 1 is 1.37 bits per heavy atom. The highest BCUT2D eigenvalue weighted by molar-refractivity contribution is 7.80. The smallest absolute Gasteiger partial charge is 0.406 e. The van der Waals surface area contributed by atoms with Gasteiger partial charge in [0.1, 0.15) is 15.1 Å². The Bertz CT molecular complexity index is 792. The van der Waals surface area contributed by atoms with Gasteiger partial charge in [-0.05, 0) is 18.6 Å². The highest BCUT2D eigenvalue weighted by Crippen LogP contribution is 2.62. The molecule has 0 N–H and O–H groups in total. The lowest BCUT2D eigenvalue weighted by atomic mass is 10.2. The summed E-state index contributed by atoms with van der Waals surface area (Å²) < 4.78 is 39.9. The molecule has 1 aromatic carbocycles. The molecule has 3 rings (SSSR count). The van der Waals surface area contributed by atoms with Gasteiger partial charge < -0.3 is 14.5 Å². The number of rotatable bonds is 4. The van der Waals surface area contributed by atoms with Gasteiger partial charge in [-0.15, -0.1) is 24.8 Å². The number of ether oxygens (including phenoxy) is 1. The third kappa shape index (κ3) is 3.95. The molecule has 1 aromatic rings. The molecule has 11 heteroatoms. The van der Waals surface area contributed by atoms with Crippen LogP contribution in [-0.4, -0.2) is 51.0 Å². The Kier molecular flexibility index (Phi) is 5.25. The molecule has 0 radical (unpaired) electrons. The average molecular weight is 462 g/mol. The number of alkyl halides is 6. The zero-order valence-electron chi connectivity index (χ0n) is 13.9. The van der Waals surface area contributed by atoms with Crippen molar-refractivity contribution in [2.24, 2.45) is 0 Å². The van der Waals surface area contributed by atoms with Crippen molar-refractivity contribution in [3.05, 3.63) is 24.3 Å². The van der Waals surface area contributed by atoms with Gasteiger partial charge in [0.2, 0.25) is 5.91 Å². The van der Waals surface area contributed by atoms with Crippen LogP contribution in [0.1, 0.15) is 12.8 Å². The van der Waals surface area contributed by atoms with Crippen LogP contribution in [0.25, 0.3) is 0 Å². The summed E-state index contributed by atoms with van der Waals surface area (Å²) in [7, 11) is 1.55. The number of amides is 1. The lowest BCUT2D eigenvalue weighted by molar-refractivity contribution is -0.274. The molecule has 1 saturated carbocycles. The first-order valence-corrected chi connectivity index (χ1v) is 9.41. The lowest BCUT2D eigenvalue weighted by Crippen LogP contribution is -2.47. The summed E-state index contributed by atoms with van der Waals surface area (Å²) in [6.07, 6.45) is -4.16. The molecule has 2 fully saturated rings. The number of carbonyl (C=O) groups is 1. The first-order chi connectivity index (χ1) is 12.4. The Labute approximate surface area is 174 Å². The van der Waals surface area contributed by atoms with Crippen LogP contribution < -0.4 is 9.64 Å². The molecule has 1 aliphatic heterocycles. The highest BCUT2D eigenvalue weighted by Gasteiger charge is 2.71. The van der Waals surface area contributed by atoms with E-state index < -0.39 is 27.5 Å². The fraction of sp³-hybridized carbons (Fsp3) is 0.500. The standard InChI is InChI=1S/C16H14Cl3F3N2O2S/c1-23(13(25)14(17)8-15(14,18)19)11-5-6-24(12(11)27)9-3-2-4-10(7-9)26-16(20,21)22/h2-4,7,11H,5-6,8H2,1H3. The van der Waals surface area contributed by atoms with Gasteiger partial charge in [0.25, 0.3) is 0 Å². The van der Waals surface area contributed by atoms with E-state index in [0.717, 1.165) is 0 Å². The molecule has 1 saturated heterocycles. The number of hydrogen-bond donors (Lipinski definition) is 0. The van der Waals surface area contributed by atoms with Crippen molar-refractivity contribution in [1.29, 1.82) is 0 Å². The Hall–Kier alpha value is -0.960. The maximum atomic E-state index is 12.6. The van der Waals surface area contributed by atoms with Crippen LogP contribution in [0, 0.1) is 0 Å². The normalized spacial score (nSPS) is 26.9. The number of carbonyl (C=O) groups excluding carboxylic acids is 1. The molecule has 2 unspecified atom stereocenters. The summed E-state index contributed by atoms with van der Waals surface area (Å²) >= 11 is 23.6. The van der Waals surface area contributed by atoms with Crippen LogP contribution in [0.4, 0.5) is 18.9 Å². The maximum Gasteiger partial charge on any atom is 0.573 e. The van der Waals surface area contributed by atoms with Gasteiger partial charge in [-0.25, -0.2) is 0 Å². The van der Waals surface area contributed by atoms with Crippen molar-refractivity contribution < 1.29 is 22.7 Å². The number of nitrogens with zero attached hydrogens (tertiary/aromatic N) is 2. The number of likely N-dealkylation sites (N-methyl/N-ethyl adjacent to an activating group) is 1. The van der Waals surface area contributed by atoms with E-state index in [1.54, 1.807) is 18.0 Å². The third-order valence-corrected chi connectivity index (χ3v) is 6.80. The molecule has 0 spiro atoms. The van der Waals surface area contributed by atoms with Crippen molar-refractivity contribution in [3.8, 4) is 5.75 Å². The molecule has 27 heavy (non-hydrogen) atoms. The van der Waals surface area contributed by atoms with Gasteiger partial charge in [-0.3, -0.25) is 4.79 Å². The summed E-state index contributed by atoms with van der Waals surface area (Å²) in [5.41, 5.74) is 0.446. The molecule has 2 aliphatic rings. The molecule has 4 nitrogen and oxygen atoms in total. The molecule has 2 atom stereocenters. The maximum absolute atomic E-state index is 12.6. The van der Waals surface area contributed by atoms with Crippen LogP contribution in [0.2, 0.25) is 0 Å². The second-order valence-corrected chi connectivity index (χ2v) is 8.99. The topological polar surface area (TPSA) is 32.8 Å². The van der Waals surface area contributed by atoms with Crippen molar-refractivity contribution in [3.63, 3.8) is 0 Å². The van der Waals surface area contributed by atoms with Crippen molar-refractivity contribution >= 4 is 63.6 Å². The van der Waals surface area contributed by atoms with Crippen LogP contribution in [0.15, 0.2) is 24.3 Å². The summed E-state index contributed by atoms with van der Waals surface area (Å²) in [4.78, 5) is 14.7. The molecule has 0 bridgehead atoms. The van der Waals surface area contributed by atoms with Crippen molar-refractivity contribution in [2.75, 3.05) is 18.5 Å². The fourth-order valence-corrected chi connectivity index (χ4v) is 4.55. The minimum atomic E-state index is -4.78. The molecule has 148 valence electrons. The number of hydrogen-bond acceptors (Lipinski definition) is 3. The van der Waals surface area contributed by atoms with Gasteiger partial charge in [0, 0.05) is 31.8 Å². The average Bonchev–Trinajstić information content (AvgIpc) is 2.87. The highest BCUT2D eigenvalue weighted by atomic mass is 35.5. The summed E-state index contributed by atoms with van der Waals surface area (Å²) in [5, 5.41) is 0. The molecule has 1 heterocycles. The van der Waals surface area contributed by atoms with E-state index in [4.69, 9.17) is 47.0 Å². The minimum absolute atomic E-state index is 0.133. The summed E-state index contributed by atoms with van der Waals surface area (Å²) in [6, 6.07) is 5.06. The van der Waals surface area contributed by atoms with E-state index in [-0.39, 0.29) is 12.2 Å². The van der Waals surface area contributed by atoms with Crippen LogP contribution in [0.5, 0.6) is 5.75 Å². The first kappa shape index (κ1) is 20.8. The zero-order valence-corrected chi connectivity index (χ0v) is 17.0. The third-order valence-electron chi connectivity index (χ3n) is 4.59. The Morgan fingerprint density at radius 3 is 2.56 bits per heavy atom. The second-order valence-electron chi connectivity index (χ2n) is 6.44. The summed E-state index contributed by atoms with van der Waals surface area (Å²) in [5.74, 6) is -0.778. The molecule has 1 amide bonds. The predicted molar refractivity (Wildman–Crippen MR) is 102 cm³/mol. The predicted octanol–water partition coefficient (Wildman–Crippen LogP) is 4.50. The second kappa shape index (κ2) is 6.83. The van der Waals surface area contributed by atoms with Gasteiger partial charge >= 0.3 is 6.36 Å². The monoisotopic (exact) mass is 460 g/mol. The van der Waals surface area contributed by atoms with Gasteiger partial charge in [0.15, 0.2) is 4.87 Å². The van der Waals surface area contributed by atoms with Gasteiger partial charge in [-0.1, -0.05) is 41.5 Å². The van der Waals surface area contributed by atoms with Crippen LogP contribution >= 0.6 is 47.0 Å². The van der Waals surface area contributed by atoms with E-state index in [9.17, 15) is 18.0 Å². The molecular formula is C16H14Cl3F3N2O2S. The largest absolute Gasteiger partial charge is 0.573 e. The fourth-order valence-electron chi connectivity index (χ4n) is 3.04.